The molecule has 0 rings (SSSR count). The first-order valence-corrected chi connectivity index (χ1v) is 5.22. The van der Waals surface area contributed by atoms with Crippen molar-refractivity contribution in [1.29, 1.82) is 0 Å². The Kier molecular flexibility index (Phi) is 7.25. The van der Waals surface area contributed by atoms with Crippen LogP contribution >= 0.6 is 0 Å². The average molecular weight is 230 g/mol. The molecule has 0 aliphatic heterocycles. The first-order chi connectivity index (χ1) is 7.33. The first kappa shape index (κ1) is 15.3. The van der Waals surface area contributed by atoms with Gasteiger partial charge in [0.15, 0.2) is 5.79 Å². The summed E-state index contributed by atoms with van der Waals surface area (Å²) in [6.07, 6.45) is 0.108. The molecule has 0 heterocycles. The van der Waals surface area contributed by atoms with Crippen molar-refractivity contribution in [2.45, 2.75) is 26.1 Å². The lowest BCUT2D eigenvalue weighted by molar-refractivity contribution is -0.205. The minimum atomic E-state index is -1.84. The van der Waals surface area contributed by atoms with Crippen LogP contribution in [0.1, 0.15) is 20.3 Å². The Bertz CT molecular complexity index is 233. The van der Waals surface area contributed by atoms with Crippen LogP contribution in [-0.4, -0.2) is 42.4 Å². The molecule has 0 aromatic heterocycles. The SMILES string of the molecule is C=C(C)COCCC(O)(O)COCC(=C)C. The van der Waals surface area contributed by atoms with Crippen LogP contribution in [0.3, 0.4) is 0 Å². The van der Waals surface area contributed by atoms with E-state index in [0.29, 0.717) is 13.2 Å². The molecule has 0 fully saturated rings. The highest BCUT2D eigenvalue weighted by molar-refractivity contribution is 4.88. The fourth-order valence-electron chi connectivity index (χ4n) is 0.943. The van der Waals surface area contributed by atoms with Gasteiger partial charge in [0.25, 0.3) is 0 Å². The van der Waals surface area contributed by atoms with E-state index in [2.05, 4.69) is 13.2 Å². The summed E-state index contributed by atoms with van der Waals surface area (Å²) in [5.41, 5.74) is 1.74. The quantitative estimate of drug-likeness (QED) is 0.355. The van der Waals surface area contributed by atoms with Crippen molar-refractivity contribution in [3.63, 3.8) is 0 Å². The van der Waals surface area contributed by atoms with E-state index in [9.17, 15) is 10.2 Å². The molecular formula is C12H22O4. The van der Waals surface area contributed by atoms with Gasteiger partial charge in [-0.05, 0) is 13.8 Å². The molecule has 16 heavy (non-hydrogen) atoms. The van der Waals surface area contributed by atoms with Gasteiger partial charge < -0.3 is 19.7 Å². The Morgan fingerprint density at radius 3 is 2.06 bits per heavy atom. The Morgan fingerprint density at radius 1 is 1.06 bits per heavy atom. The van der Waals surface area contributed by atoms with Gasteiger partial charge in [0, 0.05) is 6.42 Å². The lowest BCUT2D eigenvalue weighted by Crippen LogP contribution is -2.35. The number of aliphatic hydroxyl groups is 2. The standard InChI is InChI=1S/C12H22O4/c1-10(2)7-15-6-5-12(13,14)9-16-8-11(3)4/h13-14H,1,3,5-9H2,2,4H3. The molecule has 0 amide bonds. The van der Waals surface area contributed by atoms with Crippen molar-refractivity contribution in [2.75, 3.05) is 26.4 Å². The second-order valence-corrected chi connectivity index (χ2v) is 4.19. The summed E-state index contributed by atoms with van der Waals surface area (Å²) in [6, 6.07) is 0. The summed E-state index contributed by atoms with van der Waals surface area (Å²) in [7, 11) is 0. The first-order valence-electron chi connectivity index (χ1n) is 5.22. The van der Waals surface area contributed by atoms with Crippen molar-refractivity contribution in [1.82, 2.24) is 0 Å². The minimum absolute atomic E-state index is 0.108. The number of hydrogen-bond acceptors (Lipinski definition) is 4. The maximum absolute atomic E-state index is 9.49. The van der Waals surface area contributed by atoms with Crippen molar-refractivity contribution in [3.8, 4) is 0 Å². The van der Waals surface area contributed by atoms with Gasteiger partial charge >= 0.3 is 0 Å². The highest BCUT2D eigenvalue weighted by Gasteiger charge is 2.22. The van der Waals surface area contributed by atoms with Crippen LogP contribution in [0.4, 0.5) is 0 Å². The molecule has 0 unspecified atom stereocenters. The molecular weight excluding hydrogens is 208 g/mol. The van der Waals surface area contributed by atoms with Crippen LogP contribution in [0.2, 0.25) is 0 Å². The molecule has 0 saturated carbocycles. The largest absolute Gasteiger partial charge is 0.377 e. The molecule has 0 aliphatic carbocycles. The van der Waals surface area contributed by atoms with Gasteiger partial charge in [-0.25, -0.2) is 0 Å². The zero-order chi connectivity index (χ0) is 12.6. The molecule has 4 nitrogen and oxygen atoms in total. The van der Waals surface area contributed by atoms with Gasteiger partial charge in [-0.15, -0.1) is 0 Å². The Morgan fingerprint density at radius 2 is 1.56 bits per heavy atom. The van der Waals surface area contributed by atoms with Gasteiger partial charge in [0.05, 0.1) is 19.8 Å². The molecule has 0 atom stereocenters. The van der Waals surface area contributed by atoms with Gasteiger partial charge in [-0.2, -0.15) is 0 Å². The maximum Gasteiger partial charge on any atom is 0.188 e. The van der Waals surface area contributed by atoms with Gasteiger partial charge in [-0.3, -0.25) is 0 Å². The number of rotatable bonds is 9. The second-order valence-electron chi connectivity index (χ2n) is 4.19. The third kappa shape index (κ3) is 9.86. The normalized spacial score (nSPS) is 11.5. The monoisotopic (exact) mass is 230 g/mol. The van der Waals surface area contributed by atoms with E-state index >= 15 is 0 Å². The van der Waals surface area contributed by atoms with Crippen molar-refractivity contribution in [2.24, 2.45) is 0 Å². The Labute approximate surface area is 97.2 Å². The van der Waals surface area contributed by atoms with E-state index in [4.69, 9.17) is 9.47 Å². The molecule has 2 N–H and O–H groups in total. The van der Waals surface area contributed by atoms with E-state index in [-0.39, 0.29) is 19.6 Å². The summed E-state index contributed by atoms with van der Waals surface area (Å²) in [6.45, 7) is 11.9. The van der Waals surface area contributed by atoms with E-state index in [1.165, 1.54) is 0 Å². The minimum Gasteiger partial charge on any atom is -0.377 e. The second kappa shape index (κ2) is 7.57. The van der Waals surface area contributed by atoms with E-state index in [0.717, 1.165) is 11.1 Å². The summed E-state index contributed by atoms with van der Waals surface area (Å²) >= 11 is 0. The fraction of sp³-hybridized carbons (Fsp3) is 0.667. The van der Waals surface area contributed by atoms with Crippen molar-refractivity contribution < 1.29 is 19.7 Å². The fourth-order valence-corrected chi connectivity index (χ4v) is 0.943. The lowest BCUT2D eigenvalue weighted by atomic mass is 10.2. The van der Waals surface area contributed by atoms with Crippen LogP contribution in [0.15, 0.2) is 24.3 Å². The zero-order valence-corrected chi connectivity index (χ0v) is 10.2. The van der Waals surface area contributed by atoms with E-state index < -0.39 is 5.79 Å². The predicted octanol–water partition coefficient (Wildman–Crippen LogP) is 1.24. The highest BCUT2D eigenvalue weighted by atomic mass is 16.6. The summed E-state index contributed by atoms with van der Waals surface area (Å²) in [5, 5.41) is 19.0. The summed E-state index contributed by atoms with van der Waals surface area (Å²) < 4.78 is 10.2. The molecule has 0 aromatic rings. The predicted molar refractivity (Wildman–Crippen MR) is 63.1 cm³/mol. The molecule has 4 heteroatoms. The van der Waals surface area contributed by atoms with Gasteiger partial charge in [0.1, 0.15) is 6.61 Å². The number of ether oxygens (including phenoxy) is 2. The molecule has 0 spiro atoms. The van der Waals surface area contributed by atoms with Crippen molar-refractivity contribution >= 4 is 0 Å². The molecule has 0 aliphatic rings. The summed E-state index contributed by atoms with van der Waals surface area (Å²) in [5.74, 6) is -1.84. The lowest BCUT2D eigenvalue weighted by Gasteiger charge is -2.21. The topological polar surface area (TPSA) is 58.9 Å². The Balaban J connectivity index is 3.61. The molecule has 0 saturated heterocycles. The van der Waals surface area contributed by atoms with Crippen LogP contribution in [0, 0.1) is 0 Å². The zero-order valence-electron chi connectivity index (χ0n) is 10.2. The third-order valence-electron chi connectivity index (χ3n) is 1.68. The third-order valence-corrected chi connectivity index (χ3v) is 1.68. The van der Waals surface area contributed by atoms with Crippen molar-refractivity contribution in [3.05, 3.63) is 24.3 Å². The van der Waals surface area contributed by atoms with Gasteiger partial charge in [-0.1, -0.05) is 24.3 Å². The van der Waals surface area contributed by atoms with Gasteiger partial charge in [0.2, 0.25) is 0 Å². The molecule has 0 bridgehead atoms. The van der Waals surface area contributed by atoms with Crippen LogP contribution in [0.5, 0.6) is 0 Å². The number of hydrogen-bond donors (Lipinski definition) is 2. The summed E-state index contributed by atoms with van der Waals surface area (Å²) in [4.78, 5) is 0. The highest BCUT2D eigenvalue weighted by Crippen LogP contribution is 2.07. The molecule has 0 aromatic carbocycles. The smallest absolute Gasteiger partial charge is 0.188 e. The molecule has 0 radical (unpaired) electrons. The van der Waals surface area contributed by atoms with Crippen LogP contribution < -0.4 is 0 Å². The van der Waals surface area contributed by atoms with E-state index in [1.54, 1.807) is 0 Å². The van der Waals surface area contributed by atoms with Crippen LogP contribution in [-0.2, 0) is 9.47 Å². The maximum atomic E-state index is 9.49. The Hall–Kier alpha value is -0.680. The van der Waals surface area contributed by atoms with Crippen LogP contribution in [0.25, 0.3) is 0 Å². The van der Waals surface area contributed by atoms with E-state index in [1.807, 2.05) is 13.8 Å². The average Bonchev–Trinajstić information content (AvgIpc) is 2.11. The molecule has 94 valence electrons.